The second-order valence-corrected chi connectivity index (χ2v) is 8.91. The van der Waals surface area contributed by atoms with Crippen molar-refractivity contribution in [2.45, 2.75) is 58.5 Å². The highest BCUT2D eigenvalue weighted by atomic mass is 16.3. The maximum atomic E-state index is 12.2. The van der Waals surface area contributed by atoms with Gasteiger partial charge >= 0.3 is 0 Å². The second-order valence-electron chi connectivity index (χ2n) is 8.91. The highest BCUT2D eigenvalue weighted by Gasteiger charge is 2.59. The van der Waals surface area contributed by atoms with Gasteiger partial charge in [0, 0.05) is 18.3 Å². The molecule has 0 spiro atoms. The van der Waals surface area contributed by atoms with Crippen LogP contribution in [0.4, 0.5) is 0 Å². The van der Waals surface area contributed by atoms with E-state index in [4.69, 9.17) is 0 Å². The highest BCUT2D eigenvalue weighted by molar-refractivity contribution is 5.92. The number of allylic oxidation sites excluding steroid dienone is 1. The summed E-state index contributed by atoms with van der Waals surface area (Å²) in [7, 11) is 0. The standard InChI is InChI=1S/C21H28O3/c1-11-8-17-15-5-4-13-9-14(23)10-18(24)19(13)16(15)6-7-21(17,3)20(11)12(2)22/h9,15-20,24H,1,4-8,10H2,2-3H3/t15-,16+,17+,18?,19+,20-,21+/m1/s1. The van der Waals surface area contributed by atoms with E-state index in [1.165, 1.54) is 5.57 Å². The van der Waals surface area contributed by atoms with E-state index in [1.807, 2.05) is 6.08 Å². The first-order chi connectivity index (χ1) is 11.3. The van der Waals surface area contributed by atoms with Crippen molar-refractivity contribution in [3.63, 3.8) is 0 Å². The molecular formula is C21H28O3. The number of aliphatic hydroxyl groups is 1. The molecule has 0 radical (unpaired) electrons. The van der Waals surface area contributed by atoms with Gasteiger partial charge < -0.3 is 5.11 Å². The number of hydrogen-bond acceptors (Lipinski definition) is 3. The first kappa shape index (κ1) is 16.3. The van der Waals surface area contributed by atoms with Crippen LogP contribution >= 0.6 is 0 Å². The van der Waals surface area contributed by atoms with Crippen LogP contribution in [0.25, 0.3) is 0 Å². The highest BCUT2D eigenvalue weighted by Crippen LogP contribution is 2.64. The maximum Gasteiger partial charge on any atom is 0.158 e. The molecule has 1 N–H and O–H groups in total. The summed E-state index contributed by atoms with van der Waals surface area (Å²) in [6.07, 6.45) is 6.65. The third-order valence-electron chi connectivity index (χ3n) is 7.71. The molecule has 4 aliphatic rings. The first-order valence-electron chi connectivity index (χ1n) is 9.42. The Morgan fingerprint density at radius 3 is 2.75 bits per heavy atom. The minimum Gasteiger partial charge on any atom is -0.392 e. The summed E-state index contributed by atoms with van der Waals surface area (Å²) in [6, 6.07) is 0. The van der Waals surface area contributed by atoms with E-state index < -0.39 is 6.10 Å². The van der Waals surface area contributed by atoms with Gasteiger partial charge in [0.05, 0.1) is 6.10 Å². The molecule has 4 rings (SSSR count). The summed E-state index contributed by atoms with van der Waals surface area (Å²) >= 11 is 0. The zero-order valence-electron chi connectivity index (χ0n) is 14.8. The number of fused-ring (bicyclic) bond motifs is 5. The fourth-order valence-electron chi connectivity index (χ4n) is 6.96. The lowest BCUT2D eigenvalue weighted by molar-refractivity contribution is -0.127. The topological polar surface area (TPSA) is 54.4 Å². The van der Waals surface area contributed by atoms with Gasteiger partial charge in [0.2, 0.25) is 0 Å². The van der Waals surface area contributed by atoms with Crippen LogP contribution in [0.15, 0.2) is 23.8 Å². The van der Waals surface area contributed by atoms with Crippen LogP contribution in [0.2, 0.25) is 0 Å². The Kier molecular flexibility index (Phi) is 3.65. The van der Waals surface area contributed by atoms with Crippen LogP contribution in [0, 0.1) is 35.0 Å². The van der Waals surface area contributed by atoms with Crippen LogP contribution in [0.5, 0.6) is 0 Å². The predicted octanol–water partition coefficient (Wildman–Crippen LogP) is 3.47. The van der Waals surface area contributed by atoms with Gasteiger partial charge in [-0.2, -0.15) is 0 Å². The van der Waals surface area contributed by atoms with Gasteiger partial charge in [0.15, 0.2) is 5.78 Å². The van der Waals surface area contributed by atoms with Crippen LogP contribution in [-0.4, -0.2) is 22.8 Å². The molecule has 0 amide bonds. The lowest BCUT2D eigenvalue weighted by atomic mass is 9.50. The van der Waals surface area contributed by atoms with E-state index in [2.05, 4.69) is 13.5 Å². The Hall–Kier alpha value is -1.22. The lowest BCUT2D eigenvalue weighted by Crippen LogP contribution is -2.50. The van der Waals surface area contributed by atoms with Crippen molar-refractivity contribution in [1.29, 1.82) is 0 Å². The predicted molar refractivity (Wildman–Crippen MR) is 92.2 cm³/mol. The summed E-state index contributed by atoms with van der Waals surface area (Å²) < 4.78 is 0. The molecule has 130 valence electrons. The molecule has 0 heterocycles. The van der Waals surface area contributed by atoms with E-state index >= 15 is 0 Å². The van der Waals surface area contributed by atoms with Crippen molar-refractivity contribution in [3.8, 4) is 0 Å². The van der Waals surface area contributed by atoms with Gasteiger partial charge in [0.25, 0.3) is 0 Å². The smallest absolute Gasteiger partial charge is 0.158 e. The molecule has 3 fully saturated rings. The average molecular weight is 328 g/mol. The third kappa shape index (κ3) is 2.13. The fraction of sp³-hybridized carbons (Fsp3) is 0.714. The SMILES string of the molecule is C=C1C[C@H]2[C@@H]3CCC4=CC(=O)CC(O)[C@@H]4[C@H]3CC[C@]2(C)[C@H]1C(C)=O. The molecule has 4 aliphatic carbocycles. The van der Waals surface area contributed by atoms with Gasteiger partial charge in [0.1, 0.15) is 5.78 Å². The zero-order chi connectivity index (χ0) is 17.2. The van der Waals surface area contributed by atoms with Crippen molar-refractivity contribution in [2.24, 2.45) is 35.0 Å². The van der Waals surface area contributed by atoms with Crippen molar-refractivity contribution < 1.29 is 14.7 Å². The summed E-state index contributed by atoms with van der Waals surface area (Å²) in [5.41, 5.74) is 2.35. The Morgan fingerprint density at radius 2 is 2.04 bits per heavy atom. The Bertz CT molecular complexity index is 645. The van der Waals surface area contributed by atoms with E-state index in [9.17, 15) is 14.7 Å². The summed E-state index contributed by atoms with van der Waals surface area (Å²) in [5.74, 6) is 2.04. The molecule has 0 aromatic rings. The van der Waals surface area contributed by atoms with Crippen LogP contribution < -0.4 is 0 Å². The van der Waals surface area contributed by atoms with Gasteiger partial charge in [-0.05, 0) is 68.3 Å². The van der Waals surface area contributed by atoms with E-state index in [0.29, 0.717) is 17.8 Å². The third-order valence-corrected chi connectivity index (χ3v) is 7.71. The van der Waals surface area contributed by atoms with E-state index in [1.54, 1.807) is 6.92 Å². The largest absolute Gasteiger partial charge is 0.392 e. The molecule has 24 heavy (non-hydrogen) atoms. The number of Topliss-reactive ketones (excluding diaryl/α,β-unsaturated/α-hetero) is 1. The van der Waals surface area contributed by atoms with E-state index in [-0.39, 0.29) is 35.2 Å². The number of carbonyl (C=O) groups is 2. The Morgan fingerprint density at radius 1 is 1.29 bits per heavy atom. The van der Waals surface area contributed by atoms with Crippen molar-refractivity contribution in [1.82, 2.24) is 0 Å². The number of hydrogen-bond donors (Lipinski definition) is 1. The Balaban J connectivity index is 1.68. The summed E-state index contributed by atoms with van der Waals surface area (Å²) in [5, 5.41) is 10.6. The lowest BCUT2D eigenvalue weighted by Gasteiger charge is -2.54. The molecule has 3 heteroatoms. The van der Waals surface area contributed by atoms with Crippen molar-refractivity contribution in [3.05, 3.63) is 23.8 Å². The molecule has 0 aromatic carbocycles. The summed E-state index contributed by atoms with van der Waals surface area (Å²) in [6.45, 7) is 8.26. The van der Waals surface area contributed by atoms with E-state index in [0.717, 1.165) is 37.7 Å². The number of ketones is 2. The molecule has 0 aliphatic heterocycles. The van der Waals surface area contributed by atoms with Gasteiger partial charge in [-0.15, -0.1) is 0 Å². The second kappa shape index (κ2) is 5.39. The van der Waals surface area contributed by atoms with Crippen molar-refractivity contribution >= 4 is 11.6 Å². The normalized spacial score (nSPS) is 47.5. The van der Waals surface area contributed by atoms with Crippen LogP contribution in [-0.2, 0) is 9.59 Å². The quantitative estimate of drug-likeness (QED) is 0.750. The number of aliphatic hydroxyl groups excluding tert-OH is 1. The zero-order valence-corrected chi connectivity index (χ0v) is 14.8. The molecular weight excluding hydrogens is 300 g/mol. The minimum atomic E-state index is -0.511. The molecule has 0 aromatic heterocycles. The van der Waals surface area contributed by atoms with Crippen LogP contribution in [0.1, 0.15) is 52.4 Å². The molecule has 1 unspecified atom stereocenters. The van der Waals surface area contributed by atoms with Crippen molar-refractivity contribution in [2.75, 3.05) is 0 Å². The first-order valence-corrected chi connectivity index (χ1v) is 9.42. The van der Waals surface area contributed by atoms with Gasteiger partial charge in [-0.25, -0.2) is 0 Å². The minimum absolute atomic E-state index is 0.0123. The van der Waals surface area contributed by atoms with Gasteiger partial charge in [-0.3, -0.25) is 9.59 Å². The Labute approximate surface area is 144 Å². The number of rotatable bonds is 1. The fourth-order valence-corrected chi connectivity index (χ4v) is 6.96. The monoisotopic (exact) mass is 328 g/mol. The molecule has 3 nitrogen and oxygen atoms in total. The molecule has 0 bridgehead atoms. The van der Waals surface area contributed by atoms with Gasteiger partial charge in [-0.1, -0.05) is 24.6 Å². The number of carbonyl (C=O) groups excluding carboxylic acids is 2. The summed E-state index contributed by atoms with van der Waals surface area (Å²) in [4.78, 5) is 24.0. The maximum absolute atomic E-state index is 12.2. The molecule has 0 saturated heterocycles. The van der Waals surface area contributed by atoms with Crippen LogP contribution in [0.3, 0.4) is 0 Å². The molecule has 3 saturated carbocycles. The average Bonchev–Trinajstić information content (AvgIpc) is 2.76. The molecule has 7 atom stereocenters.